The molecule has 0 spiro atoms. The van der Waals surface area contributed by atoms with Gasteiger partial charge >= 0.3 is 11.9 Å². The van der Waals surface area contributed by atoms with Crippen molar-refractivity contribution in [3.63, 3.8) is 0 Å². The quantitative estimate of drug-likeness (QED) is 0.318. The molecule has 160 valence electrons. The average molecular weight is 485 g/mol. The summed E-state index contributed by atoms with van der Waals surface area (Å²) in [5, 5.41) is 0. The number of benzene rings is 3. The molecule has 0 heterocycles. The molecule has 3 aromatic carbocycles. The summed E-state index contributed by atoms with van der Waals surface area (Å²) < 4.78 is 22.6. The SMILES string of the molecule is COC(=O)c1cc(OC(C)=O)c(OCc2ccccc2)c(OCc2ccccc2)c1Br. The molecule has 0 fully saturated rings. The summed E-state index contributed by atoms with van der Waals surface area (Å²) in [6.45, 7) is 1.69. The normalized spacial score (nSPS) is 10.3. The molecule has 0 atom stereocenters. The van der Waals surface area contributed by atoms with Gasteiger partial charge in [-0.25, -0.2) is 4.79 Å². The molecule has 0 aliphatic carbocycles. The van der Waals surface area contributed by atoms with Crippen LogP contribution < -0.4 is 14.2 Å². The van der Waals surface area contributed by atoms with E-state index in [0.717, 1.165) is 11.1 Å². The lowest BCUT2D eigenvalue weighted by Crippen LogP contribution is -2.10. The van der Waals surface area contributed by atoms with Crippen LogP contribution in [0.4, 0.5) is 0 Å². The molecule has 0 bridgehead atoms. The number of carbonyl (C=O) groups excluding carboxylic acids is 2. The molecule has 3 rings (SSSR count). The lowest BCUT2D eigenvalue weighted by Gasteiger charge is -2.19. The second-order valence-corrected chi connectivity index (χ2v) is 7.32. The third-order valence-corrected chi connectivity index (χ3v) is 5.04. The van der Waals surface area contributed by atoms with Crippen LogP contribution in [0, 0.1) is 0 Å². The van der Waals surface area contributed by atoms with E-state index in [4.69, 9.17) is 18.9 Å². The van der Waals surface area contributed by atoms with E-state index < -0.39 is 11.9 Å². The molecular weight excluding hydrogens is 464 g/mol. The average Bonchev–Trinajstić information content (AvgIpc) is 2.78. The minimum atomic E-state index is -0.612. The Bertz CT molecular complexity index is 1050. The number of hydrogen-bond acceptors (Lipinski definition) is 6. The first-order chi connectivity index (χ1) is 15.0. The van der Waals surface area contributed by atoms with Crippen LogP contribution in [0.1, 0.15) is 28.4 Å². The van der Waals surface area contributed by atoms with Crippen LogP contribution >= 0.6 is 15.9 Å². The molecule has 3 aromatic rings. The van der Waals surface area contributed by atoms with Crippen molar-refractivity contribution in [2.24, 2.45) is 0 Å². The molecule has 0 saturated carbocycles. The summed E-state index contributed by atoms with van der Waals surface area (Å²) in [6, 6.07) is 20.4. The highest BCUT2D eigenvalue weighted by Crippen LogP contribution is 2.46. The van der Waals surface area contributed by atoms with Crippen LogP contribution in [0.25, 0.3) is 0 Å². The minimum Gasteiger partial charge on any atom is -0.484 e. The zero-order chi connectivity index (χ0) is 22.2. The van der Waals surface area contributed by atoms with E-state index in [9.17, 15) is 9.59 Å². The van der Waals surface area contributed by atoms with Gasteiger partial charge in [0.1, 0.15) is 13.2 Å². The highest BCUT2D eigenvalue weighted by Gasteiger charge is 2.25. The van der Waals surface area contributed by atoms with E-state index in [1.807, 2.05) is 60.7 Å². The van der Waals surface area contributed by atoms with E-state index in [2.05, 4.69) is 15.9 Å². The van der Waals surface area contributed by atoms with Crippen LogP contribution in [0.3, 0.4) is 0 Å². The predicted molar refractivity (Wildman–Crippen MR) is 118 cm³/mol. The van der Waals surface area contributed by atoms with Gasteiger partial charge in [0.25, 0.3) is 0 Å². The minimum absolute atomic E-state index is 0.0649. The maximum Gasteiger partial charge on any atom is 0.339 e. The predicted octanol–water partition coefficient (Wildman–Crippen LogP) is 5.32. The van der Waals surface area contributed by atoms with Crippen molar-refractivity contribution in [3.8, 4) is 17.2 Å². The topological polar surface area (TPSA) is 71.1 Å². The van der Waals surface area contributed by atoms with Crippen LogP contribution in [0.2, 0.25) is 0 Å². The fourth-order valence-corrected chi connectivity index (χ4v) is 3.38. The Labute approximate surface area is 188 Å². The van der Waals surface area contributed by atoms with Crippen molar-refractivity contribution >= 4 is 27.9 Å². The second kappa shape index (κ2) is 10.6. The van der Waals surface area contributed by atoms with Crippen molar-refractivity contribution in [1.82, 2.24) is 0 Å². The summed E-state index contributed by atoms with van der Waals surface area (Å²) in [6.07, 6.45) is 0. The molecule has 0 saturated heterocycles. The first kappa shape index (κ1) is 22.4. The Hall–Kier alpha value is -3.32. The van der Waals surface area contributed by atoms with Gasteiger partial charge < -0.3 is 18.9 Å². The Morgan fingerprint density at radius 1 is 0.839 bits per heavy atom. The van der Waals surface area contributed by atoms with Gasteiger partial charge in [0.15, 0.2) is 11.5 Å². The zero-order valence-electron chi connectivity index (χ0n) is 17.1. The van der Waals surface area contributed by atoms with Crippen LogP contribution in [-0.4, -0.2) is 19.0 Å². The summed E-state index contributed by atoms with van der Waals surface area (Å²) in [5.41, 5.74) is 1.98. The molecule has 0 aliphatic rings. The van der Waals surface area contributed by atoms with E-state index in [-0.39, 0.29) is 36.0 Å². The van der Waals surface area contributed by atoms with Crippen molar-refractivity contribution in [2.45, 2.75) is 20.1 Å². The number of halogens is 1. The largest absolute Gasteiger partial charge is 0.484 e. The monoisotopic (exact) mass is 484 g/mol. The van der Waals surface area contributed by atoms with E-state index in [1.165, 1.54) is 20.1 Å². The Kier molecular flexibility index (Phi) is 7.67. The lowest BCUT2D eigenvalue weighted by atomic mass is 10.1. The van der Waals surface area contributed by atoms with Gasteiger partial charge in [-0.15, -0.1) is 0 Å². The number of methoxy groups -OCH3 is 1. The van der Waals surface area contributed by atoms with Crippen molar-refractivity contribution in [3.05, 3.63) is 87.9 Å². The van der Waals surface area contributed by atoms with Crippen molar-refractivity contribution in [1.29, 1.82) is 0 Å². The molecule has 0 amide bonds. The summed E-state index contributed by atoms with van der Waals surface area (Å²) in [4.78, 5) is 24.0. The van der Waals surface area contributed by atoms with Gasteiger partial charge in [-0.05, 0) is 27.1 Å². The maximum absolute atomic E-state index is 12.3. The standard InChI is InChI=1S/C24H21BrO6/c1-16(26)31-20-13-19(24(27)28-2)21(25)23(30-15-18-11-7-4-8-12-18)22(20)29-14-17-9-5-3-6-10-17/h3-13H,14-15H2,1-2H3. The molecule has 0 unspecified atom stereocenters. The Morgan fingerprint density at radius 2 is 1.35 bits per heavy atom. The van der Waals surface area contributed by atoms with Gasteiger partial charge in [-0.1, -0.05) is 60.7 Å². The van der Waals surface area contributed by atoms with Gasteiger partial charge in [0.05, 0.1) is 17.1 Å². The summed E-state index contributed by atoms with van der Waals surface area (Å²) in [7, 11) is 1.27. The third-order valence-electron chi connectivity index (χ3n) is 4.25. The Morgan fingerprint density at radius 3 is 1.84 bits per heavy atom. The first-order valence-corrected chi connectivity index (χ1v) is 10.3. The highest BCUT2D eigenvalue weighted by atomic mass is 79.9. The molecule has 0 aliphatic heterocycles. The Balaban J connectivity index is 2.04. The van der Waals surface area contributed by atoms with Crippen molar-refractivity contribution < 1.29 is 28.5 Å². The lowest BCUT2D eigenvalue weighted by molar-refractivity contribution is -0.132. The van der Waals surface area contributed by atoms with E-state index in [1.54, 1.807) is 0 Å². The molecule has 0 N–H and O–H groups in total. The fraction of sp³-hybridized carbons (Fsp3) is 0.167. The zero-order valence-corrected chi connectivity index (χ0v) is 18.7. The fourth-order valence-electron chi connectivity index (χ4n) is 2.81. The van der Waals surface area contributed by atoms with Gasteiger partial charge in [0, 0.05) is 13.0 Å². The summed E-state index contributed by atoms with van der Waals surface area (Å²) >= 11 is 3.43. The third kappa shape index (κ3) is 5.86. The van der Waals surface area contributed by atoms with Crippen LogP contribution in [0.5, 0.6) is 17.2 Å². The van der Waals surface area contributed by atoms with Crippen LogP contribution in [0.15, 0.2) is 71.2 Å². The number of carbonyl (C=O) groups is 2. The molecular formula is C24H21BrO6. The molecule has 7 heteroatoms. The van der Waals surface area contributed by atoms with E-state index in [0.29, 0.717) is 4.47 Å². The molecule has 0 aromatic heterocycles. The highest BCUT2D eigenvalue weighted by molar-refractivity contribution is 9.10. The first-order valence-electron chi connectivity index (χ1n) is 9.46. The summed E-state index contributed by atoms with van der Waals surface area (Å²) in [5.74, 6) is -0.667. The number of ether oxygens (including phenoxy) is 4. The smallest absolute Gasteiger partial charge is 0.339 e. The second-order valence-electron chi connectivity index (χ2n) is 6.53. The van der Waals surface area contributed by atoms with Crippen LogP contribution in [-0.2, 0) is 22.7 Å². The number of esters is 2. The number of hydrogen-bond donors (Lipinski definition) is 0. The number of rotatable bonds is 8. The maximum atomic E-state index is 12.3. The van der Waals surface area contributed by atoms with E-state index >= 15 is 0 Å². The molecule has 0 radical (unpaired) electrons. The molecule has 31 heavy (non-hydrogen) atoms. The van der Waals surface area contributed by atoms with Crippen molar-refractivity contribution in [2.75, 3.05) is 7.11 Å². The van der Waals surface area contributed by atoms with Gasteiger partial charge in [-0.2, -0.15) is 0 Å². The van der Waals surface area contributed by atoms with Gasteiger partial charge in [-0.3, -0.25) is 4.79 Å². The molecule has 6 nitrogen and oxygen atoms in total. The van der Waals surface area contributed by atoms with Gasteiger partial charge in [0.2, 0.25) is 5.75 Å².